The maximum Gasteiger partial charge on any atom is 1.00 e. The maximum atomic E-state index is 12.7. The number of hydrogen-bond donors (Lipinski definition) is 1. The van der Waals surface area contributed by atoms with Crippen LogP contribution in [0.15, 0.2) is 77.8 Å². The molecule has 0 saturated heterocycles. The van der Waals surface area contributed by atoms with Gasteiger partial charge in [0.2, 0.25) is 0 Å². The molecule has 14 rings (SSSR count). The molecule has 6 bridgehead atoms. The zero-order chi connectivity index (χ0) is 43.9. The summed E-state index contributed by atoms with van der Waals surface area (Å²) in [6, 6.07) is 24.4. The quantitative estimate of drug-likeness (QED) is 0.182. The van der Waals surface area contributed by atoms with Gasteiger partial charge in [0.15, 0.2) is 0 Å². The van der Waals surface area contributed by atoms with E-state index in [2.05, 4.69) is 73.7 Å². The number of thioether (sulfide) groups is 1. The number of aliphatic imine (C=N–C) groups is 1. The molecule has 330 valence electrons. The minimum atomic E-state index is -0.806. The molecular formula is C48H54LiN7O7S. The van der Waals surface area contributed by atoms with Gasteiger partial charge in [-0.05, 0) is 107 Å². The molecule has 0 amide bonds. The molecule has 14 nitrogen and oxygen atoms in total. The second kappa shape index (κ2) is 17.4. The van der Waals surface area contributed by atoms with Crippen LogP contribution in [-0.2, 0) is 23.9 Å². The Labute approximate surface area is 389 Å². The first-order valence-corrected chi connectivity index (χ1v) is 22.7. The van der Waals surface area contributed by atoms with Crippen LogP contribution in [0.5, 0.6) is 0 Å². The van der Waals surface area contributed by atoms with Crippen molar-refractivity contribution in [2.24, 2.45) is 21.2 Å². The van der Waals surface area contributed by atoms with Gasteiger partial charge in [-0.3, -0.25) is 19.4 Å². The number of aromatic nitrogens is 6. The number of ether oxygens (including phenoxy) is 2. The van der Waals surface area contributed by atoms with E-state index >= 15 is 0 Å². The average Bonchev–Trinajstić information content (AvgIpc) is 3.87. The van der Waals surface area contributed by atoms with E-state index in [1.54, 1.807) is 11.8 Å². The van der Waals surface area contributed by atoms with Crippen LogP contribution in [0.3, 0.4) is 0 Å². The predicted octanol–water partition coefficient (Wildman–Crippen LogP) is 5.10. The summed E-state index contributed by atoms with van der Waals surface area (Å²) >= 11 is 1.70. The van der Waals surface area contributed by atoms with Gasteiger partial charge in [0.25, 0.3) is 0 Å². The molecule has 2 aromatic heterocycles. The Kier molecular flexibility index (Phi) is 12.7. The number of carbonyl (C=O) groups excluding carboxylic acids is 2. The van der Waals surface area contributed by atoms with Gasteiger partial charge in [0.05, 0.1) is 52.6 Å². The SMILES string of the molecule is CCOC(=O)C1(C)CC2C(SC)=NC1c1ccccc12.CCOC(=O)C1(C)CC2c3ccccc3C1n1c(C)nnc12.Cc1nnc2n1C1c3ccccc3C2CC1(C)C(=O)O.[Li+].[OH-]. The minimum absolute atomic E-state index is 0. The summed E-state index contributed by atoms with van der Waals surface area (Å²) in [5, 5.41) is 28.0. The number of carboxylic acid groups (broad SMARTS) is 1. The van der Waals surface area contributed by atoms with E-state index in [0.29, 0.717) is 19.6 Å². The topological polar surface area (TPSA) is 194 Å². The second-order valence-electron chi connectivity index (χ2n) is 18.0. The van der Waals surface area contributed by atoms with Crippen LogP contribution in [0.4, 0.5) is 0 Å². The predicted molar refractivity (Wildman–Crippen MR) is 236 cm³/mol. The van der Waals surface area contributed by atoms with Crippen LogP contribution in [0.25, 0.3) is 0 Å². The molecule has 9 unspecified atom stereocenters. The second-order valence-corrected chi connectivity index (χ2v) is 18.8. The Morgan fingerprint density at radius 1 is 0.641 bits per heavy atom. The number of aryl methyl sites for hydroxylation is 2. The first-order valence-electron chi connectivity index (χ1n) is 21.5. The summed E-state index contributed by atoms with van der Waals surface area (Å²) in [6.45, 7) is 14.2. The molecule has 6 aliphatic heterocycles. The molecule has 3 aliphatic carbocycles. The van der Waals surface area contributed by atoms with Crippen molar-refractivity contribution in [3.05, 3.63) is 129 Å². The normalized spacial score (nSPS) is 28.6. The molecule has 8 heterocycles. The van der Waals surface area contributed by atoms with E-state index in [1.165, 1.54) is 27.8 Å². The molecule has 64 heavy (non-hydrogen) atoms. The van der Waals surface area contributed by atoms with Gasteiger partial charge in [0.1, 0.15) is 23.3 Å². The fourth-order valence-electron chi connectivity index (χ4n) is 11.4. The molecule has 0 fully saturated rings. The van der Waals surface area contributed by atoms with Crippen molar-refractivity contribution in [2.75, 3.05) is 19.5 Å². The number of fused-ring (bicyclic) bond motifs is 3. The first-order chi connectivity index (χ1) is 29.7. The summed E-state index contributed by atoms with van der Waals surface area (Å²) in [6.07, 6.45) is 4.17. The third-order valence-corrected chi connectivity index (χ3v) is 15.2. The van der Waals surface area contributed by atoms with E-state index in [0.717, 1.165) is 46.7 Å². The number of hydrogen-bond acceptors (Lipinski definition) is 12. The van der Waals surface area contributed by atoms with Crippen LogP contribution in [-0.4, -0.2) is 82.5 Å². The van der Waals surface area contributed by atoms with Crippen LogP contribution < -0.4 is 18.9 Å². The zero-order valence-electron chi connectivity index (χ0n) is 37.9. The number of aliphatic carboxylic acids is 1. The van der Waals surface area contributed by atoms with Crippen molar-refractivity contribution in [2.45, 2.75) is 104 Å². The van der Waals surface area contributed by atoms with Crippen molar-refractivity contribution in [1.82, 2.24) is 29.5 Å². The van der Waals surface area contributed by atoms with Crippen LogP contribution >= 0.6 is 11.8 Å². The van der Waals surface area contributed by atoms with Crippen molar-refractivity contribution in [3.8, 4) is 0 Å². The van der Waals surface area contributed by atoms with Crippen molar-refractivity contribution >= 4 is 34.7 Å². The van der Waals surface area contributed by atoms with Crippen molar-refractivity contribution in [1.29, 1.82) is 0 Å². The summed E-state index contributed by atoms with van der Waals surface area (Å²) in [7, 11) is 0. The fraction of sp³-hybridized carbons (Fsp3) is 0.458. The Morgan fingerprint density at radius 2 is 1.03 bits per heavy atom. The van der Waals surface area contributed by atoms with E-state index in [-0.39, 0.29) is 72.2 Å². The van der Waals surface area contributed by atoms with Gasteiger partial charge in [-0.1, -0.05) is 72.8 Å². The van der Waals surface area contributed by atoms with Crippen molar-refractivity contribution in [3.63, 3.8) is 0 Å². The van der Waals surface area contributed by atoms with E-state index in [9.17, 15) is 19.5 Å². The Balaban J connectivity index is 0.000000142. The fourth-order valence-corrected chi connectivity index (χ4v) is 12.1. The van der Waals surface area contributed by atoms with Gasteiger partial charge < -0.3 is 29.2 Å². The summed E-state index contributed by atoms with van der Waals surface area (Å²) in [5.41, 5.74) is 5.39. The van der Waals surface area contributed by atoms with E-state index in [4.69, 9.17) is 14.5 Å². The molecule has 16 heteroatoms. The standard InChI is InChI=1S/C17H19N3O2.C16H19NO2S.C15H15N3O2.Li.H2O/c1-4-22-16(21)17(3)9-13-11-7-5-6-8-12(11)14(17)20-10(2)18-19-15(13)20;1-4-19-15(18)16(2)9-12-10-7-5-6-8-11(10)13(16)17-14(12)20-3;1-8-16-17-13-11-7-15(2,14(19)20)12(18(8)13)10-6-4-3-5-9(10)11;;/h5-8,13-14H,4,9H2,1-3H3;5-8,12-13H,4,9H2,1-3H3;3-6,11-12H,7H2,1-2H3,(H,19,20);;1H2/q;;;+1;/p-1. The average molecular weight is 880 g/mol. The summed E-state index contributed by atoms with van der Waals surface area (Å²) in [4.78, 5) is 41.8. The Bertz CT molecular complexity index is 2670. The number of carbonyl (C=O) groups is 3. The Hall–Kier alpha value is -5.07. The van der Waals surface area contributed by atoms with Gasteiger partial charge in [-0.15, -0.1) is 32.2 Å². The summed E-state index contributed by atoms with van der Waals surface area (Å²) < 4.78 is 14.8. The largest absolute Gasteiger partial charge is 1.00 e. The molecule has 0 spiro atoms. The molecule has 9 aliphatic rings. The molecular weight excluding hydrogens is 826 g/mol. The number of benzene rings is 3. The van der Waals surface area contributed by atoms with Crippen LogP contribution in [0, 0.1) is 30.1 Å². The van der Waals surface area contributed by atoms with Gasteiger partial charge in [-0.25, -0.2) is 0 Å². The number of rotatable bonds is 5. The third kappa shape index (κ3) is 6.88. The molecule has 0 saturated carbocycles. The maximum absolute atomic E-state index is 12.7. The third-order valence-electron chi connectivity index (χ3n) is 14.4. The minimum Gasteiger partial charge on any atom is -0.870 e. The molecule has 5 aromatic rings. The molecule has 3 aromatic carbocycles. The van der Waals surface area contributed by atoms with Crippen LogP contribution in [0.1, 0.15) is 146 Å². The molecule has 0 radical (unpaired) electrons. The van der Waals surface area contributed by atoms with E-state index < -0.39 is 22.2 Å². The zero-order valence-corrected chi connectivity index (χ0v) is 38.7. The smallest absolute Gasteiger partial charge is 0.870 e. The number of nitrogens with zero attached hydrogens (tertiary/aromatic N) is 7. The van der Waals surface area contributed by atoms with E-state index in [1.807, 2.05) is 83.4 Å². The molecule has 9 atom stereocenters. The van der Waals surface area contributed by atoms with Gasteiger partial charge >= 0.3 is 36.8 Å². The number of esters is 2. The van der Waals surface area contributed by atoms with Crippen molar-refractivity contribution < 1.29 is 53.3 Å². The summed E-state index contributed by atoms with van der Waals surface area (Å²) in [5.74, 6) is 2.91. The monoisotopic (exact) mass is 879 g/mol. The first kappa shape index (κ1) is 46.9. The van der Waals surface area contributed by atoms with Crippen LogP contribution in [0.2, 0.25) is 0 Å². The number of carboxylic acids is 1. The van der Waals surface area contributed by atoms with Gasteiger partial charge in [-0.2, -0.15) is 0 Å². The Morgan fingerprint density at radius 3 is 1.48 bits per heavy atom. The molecule has 2 N–H and O–H groups in total. The van der Waals surface area contributed by atoms with Gasteiger partial charge in [0, 0.05) is 17.8 Å².